The van der Waals surface area contributed by atoms with E-state index in [2.05, 4.69) is 228 Å². The van der Waals surface area contributed by atoms with Crippen molar-refractivity contribution in [1.82, 2.24) is 0 Å². The predicted octanol–water partition coefficient (Wildman–Crippen LogP) is 26.3. The topological polar surface area (TPSA) is 0 Å². The number of allylic oxidation sites excluding steroid dienone is 7. The van der Waals surface area contributed by atoms with Gasteiger partial charge in [-0.2, -0.15) is 0 Å². The zero-order valence-corrected chi connectivity index (χ0v) is 60.9. The van der Waals surface area contributed by atoms with Crippen molar-refractivity contribution >= 4 is 0 Å². The average Bonchev–Trinajstić information content (AvgIpc) is 3.42. The fourth-order valence-corrected chi connectivity index (χ4v) is 14.4. The van der Waals surface area contributed by atoms with Gasteiger partial charge in [0, 0.05) is 0 Å². The Labute approximate surface area is 524 Å². The highest BCUT2D eigenvalue weighted by atomic mass is 14.4. The summed E-state index contributed by atoms with van der Waals surface area (Å²) in [5.74, 6) is 1.19. The largest absolute Gasteiger partial charge is 0.103 e. The van der Waals surface area contributed by atoms with Gasteiger partial charge in [0.2, 0.25) is 0 Å². The number of unbranched alkanes of at least 4 members (excludes halogenated alkanes) is 3. The van der Waals surface area contributed by atoms with Crippen LogP contribution in [0.15, 0.2) is 102 Å². The molecule has 0 aliphatic heterocycles. The van der Waals surface area contributed by atoms with Crippen molar-refractivity contribution in [2.24, 2.45) is 22.2 Å². The molecule has 84 heavy (non-hydrogen) atoms. The highest BCUT2D eigenvalue weighted by Gasteiger charge is 2.39. The van der Waals surface area contributed by atoms with Crippen molar-refractivity contribution in [2.75, 3.05) is 0 Å². The van der Waals surface area contributed by atoms with E-state index >= 15 is 0 Å². The van der Waals surface area contributed by atoms with Crippen LogP contribution in [0.2, 0.25) is 0 Å². The third-order valence-corrected chi connectivity index (χ3v) is 19.4. The van der Waals surface area contributed by atoms with Crippen LogP contribution < -0.4 is 0 Å². The zero-order chi connectivity index (χ0) is 64.2. The van der Waals surface area contributed by atoms with Gasteiger partial charge < -0.3 is 0 Å². The Kier molecular flexibility index (Phi) is 27.1. The molecule has 0 saturated carbocycles. The quantitative estimate of drug-likeness (QED) is 0.0619. The molecule has 0 fully saturated rings. The molecule has 0 radical (unpaired) electrons. The van der Waals surface area contributed by atoms with E-state index in [1.807, 2.05) is 19.9 Å². The van der Waals surface area contributed by atoms with E-state index in [1.54, 1.807) is 39.0 Å². The van der Waals surface area contributed by atoms with Gasteiger partial charge in [0.1, 0.15) is 0 Å². The third-order valence-electron chi connectivity index (χ3n) is 19.4. The lowest BCUT2D eigenvalue weighted by Gasteiger charge is -2.42. The van der Waals surface area contributed by atoms with Gasteiger partial charge in [-0.05, 0) is 232 Å². The fraction of sp³-hybridized carbons (Fsp3) is 0.667. The Morgan fingerprint density at radius 1 is 0.571 bits per heavy atom. The average molecular weight is 1150 g/mol. The molecule has 5 rings (SSSR count). The third kappa shape index (κ3) is 21.6. The van der Waals surface area contributed by atoms with Gasteiger partial charge in [0.15, 0.2) is 0 Å². The summed E-state index contributed by atoms with van der Waals surface area (Å²) in [6, 6.07) is 17.2. The molecule has 2 atom stereocenters. The molecular weight excluding hydrogens is 1010 g/mol. The van der Waals surface area contributed by atoms with Gasteiger partial charge >= 0.3 is 0 Å². The molecule has 0 nitrogen and oxygen atoms in total. The number of hydrogen-bond acceptors (Lipinski definition) is 0. The number of benzene rings is 3. The lowest BCUT2D eigenvalue weighted by atomic mass is 9.62. The lowest BCUT2D eigenvalue weighted by molar-refractivity contribution is 0.188. The highest BCUT2D eigenvalue weighted by molar-refractivity contribution is 5.53. The van der Waals surface area contributed by atoms with Crippen molar-refractivity contribution in [3.8, 4) is 0 Å². The monoisotopic (exact) mass is 1150 g/mol. The molecule has 3 aromatic carbocycles. The first-order valence-electron chi connectivity index (χ1n) is 34.3. The van der Waals surface area contributed by atoms with Gasteiger partial charge in [-0.1, -0.05) is 289 Å². The van der Waals surface area contributed by atoms with E-state index in [-0.39, 0.29) is 32.5 Å². The molecule has 472 valence electrons. The number of rotatable bonds is 24. The van der Waals surface area contributed by atoms with Crippen LogP contribution in [0, 0.1) is 29.1 Å². The first-order valence-corrected chi connectivity index (χ1v) is 34.3. The maximum absolute atomic E-state index is 4.80. The molecule has 3 aromatic rings. The summed E-state index contributed by atoms with van der Waals surface area (Å²) in [5.41, 5.74) is 26.2. The Hall–Kier alpha value is -3.64. The molecule has 0 N–H and O–H groups in total. The highest BCUT2D eigenvalue weighted by Crippen LogP contribution is 2.49. The molecule has 0 saturated heterocycles. The molecule has 0 aromatic heterocycles. The van der Waals surface area contributed by atoms with Gasteiger partial charge in [0.25, 0.3) is 0 Å². The van der Waals surface area contributed by atoms with Crippen molar-refractivity contribution in [3.05, 3.63) is 163 Å². The Bertz CT molecular complexity index is 2680. The van der Waals surface area contributed by atoms with E-state index in [0.29, 0.717) is 22.7 Å². The van der Waals surface area contributed by atoms with Crippen molar-refractivity contribution in [2.45, 2.75) is 342 Å². The molecule has 0 heteroatoms. The van der Waals surface area contributed by atoms with Gasteiger partial charge in [-0.25, -0.2) is 0 Å². The van der Waals surface area contributed by atoms with Crippen LogP contribution in [0.25, 0.3) is 0 Å². The second-order valence-electron chi connectivity index (χ2n) is 34.1. The predicted molar refractivity (Wildman–Crippen MR) is 381 cm³/mol. The van der Waals surface area contributed by atoms with E-state index in [9.17, 15) is 0 Å². The van der Waals surface area contributed by atoms with Crippen molar-refractivity contribution in [1.29, 1.82) is 0 Å². The van der Waals surface area contributed by atoms with Crippen LogP contribution in [-0.2, 0) is 52.8 Å². The normalized spacial score (nSPS) is 16.4. The van der Waals surface area contributed by atoms with Crippen LogP contribution in [0.1, 0.15) is 343 Å². The molecule has 2 aliphatic rings. The Morgan fingerprint density at radius 3 is 1.58 bits per heavy atom. The second kappa shape index (κ2) is 30.5. The molecule has 0 amide bonds. The van der Waals surface area contributed by atoms with E-state index in [1.165, 1.54) is 127 Å². The summed E-state index contributed by atoms with van der Waals surface area (Å²) < 4.78 is 0. The Morgan fingerprint density at radius 2 is 1.10 bits per heavy atom. The summed E-state index contributed by atoms with van der Waals surface area (Å²) in [7, 11) is 0. The molecular formula is C84H136. The minimum Gasteiger partial charge on any atom is -0.103 e. The van der Waals surface area contributed by atoms with Crippen LogP contribution in [0.4, 0.5) is 0 Å². The number of fused-ring (bicyclic) bond motifs is 1. The molecule has 0 spiro atoms. The number of hydrogen-bond donors (Lipinski definition) is 0. The molecule has 2 unspecified atom stereocenters. The first kappa shape index (κ1) is 74.6. The summed E-state index contributed by atoms with van der Waals surface area (Å²) in [6.45, 7) is 76.6. The molecule has 0 bridgehead atoms. The van der Waals surface area contributed by atoms with Gasteiger partial charge in [0.05, 0.1) is 0 Å². The maximum Gasteiger partial charge on any atom is -0.00601 e. The zero-order valence-electron chi connectivity index (χ0n) is 60.9. The molecule has 0 heterocycles. The van der Waals surface area contributed by atoms with Gasteiger partial charge in [-0.15, -0.1) is 6.58 Å². The minimum absolute atomic E-state index is 0.127. The summed E-state index contributed by atoms with van der Waals surface area (Å²) >= 11 is 0. The van der Waals surface area contributed by atoms with E-state index in [4.69, 9.17) is 13.2 Å². The maximum atomic E-state index is 4.80. The van der Waals surface area contributed by atoms with Crippen LogP contribution in [-0.4, -0.2) is 0 Å². The Balaban J connectivity index is 0.000000827. The SMILES string of the molecule is C=C(CCC1=CC(C(C)(C)C)=C(C)C(C(C)(C)C)C1)CCC(CCC)(CCCCCCc1cc(C(C)(C)C)c2c(c1)C(C)(C)C2)CCC(=C)CCc1ccc(C(C)(C)C)c(C(C)(C)C)c1.C=CCc1cc(C(C)C)c(C)c(C(C)(C)C)c1.CC. The van der Waals surface area contributed by atoms with E-state index < -0.39 is 0 Å². The van der Waals surface area contributed by atoms with Crippen LogP contribution in [0.5, 0.6) is 0 Å². The van der Waals surface area contributed by atoms with Crippen LogP contribution in [0.3, 0.4) is 0 Å². The smallest absolute Gasteiger partial charge is 0.00601 e. The first-order chi connectivity index (χ1) is 38.5. The van der Waals surface area contributed by atoms with Crippen LogP contribution >= 0.6 is 0 Å². The summed E-state index contributed by atoms with van der Waals surface area (Å²) in [5, 5.41) is 0. The molecule has 2 aliphatic carbocycles. The lowest BCUT2D eigenvalue weighted by Crippen LogP contribution is -2.36. The summed E-state index contributed by atoms with van der Waals surface area (Å²) in [6.07, 6.45) is 27.6. The van der Waals surface area contributed by atoms with E-state index in [0.717, 1.165) is 44.9 Å². The fourth-order valence-electron chi connectivity index (χ4n) is 14.4. The summed E-state index contributed by atoms with van der Waals surface area (Å²) in [4.78, 5) is 0. The van der Waals surface area contributed by atoms with Crippen molar-refractivity contribution < 1.29 is 0 Å². The number of aryl methyl sites for hydroxylation is 2. The van der Waals surface area contributed by atoms with Crippen molar-refractivity contribution in [3.63, 3.8) is 0 Å². The van der Waals surface area contributed by atoms with Gasteiger partial charge in [-0.3, -0.25) is 0 Å². The second-order valence-corrected chi connectivity index (χ2v) is 34.1. The standard InChI is InChI=1S/C65H104.C17H26.C2H6/c1-22-36-65(38-34-46(2)28-30-49-32-33-53(59(5,6)7)58(40-49)63(17,18)19,37-26-24-23-25-27-50-43-56(62(14,15)16)52-45-64(20,21)57(52)44-50)39-35-47(3)29-31-51-41-54(60(8,9)10)48(4)55(42-51)61(11,12)13;1-8-9-14-10-15(12(2)3)13(4)16(11-14)17(5,6)7;1-2/h32-33,40-41,43-44,55H,2-3,22-31,34-39,42,45H2,1,4-21H3;8,10-12H,1,9H2,2-7H3;1-2H3. The minimum atomic E-state index is 0.127.